The van der Waals surface area contributed by atoms with Gasteiger partial charge in [-0.15, -0.1) is 0 Å². The molecule has 156 valence electrons. The summed E-state index contributed by atoms with van der Waals surface area (Å²) >= 11 is 2.38. The molecule has 1 saturated heterocycles. The minimum absolute atomic E-state index is 0.0361. The van der Waals surface area contributed by atoms with Gasteiger partial charge in [-0.05, 0) is 34.6 Å². The van der Waals surface area contributed by atoms with Crippen molar-refractivity contribution in [2.75, 3.05) is 78.8 Å². The highest BCUT2D eigenvalue weighted by Crippen LogP contribution is 2.10. The number of nitrogens with zero attached hydrogens (tertiary/aromatic N) is 2. The number of piperazine rings is 1. The molecule has 1 aliphatic rings. The van der Waals surface area contributed by atoms with E-state index < -0.39 is 0 Å². The first-order chi connectivity index (χ1) is 12.2. The molecule has 0 amide bonds. The third-order valence-corrected chi connectivity index (χ3v) is 4.50. The molecule has 7 heteroatoms. The SMILES string of the molecule is CC(C)(I)NCCOCCOCCN1CCN(CCOC(C)(C)C)CC1. The molecule has 0 aromatic heterocycles. The number of ether oxygens (including phenoxy) is 3. The minimum atomic E-state index is -0.0361. The Morgan fingerprint density at radius 2 is 1.27 bits per heavy atom. The molecule has 0 bridgehead atoms. The standard InChI is InChI=1S/C19H40IN3O3/c1-18(2,3)26-15-12-23-9-7-22(8-10-23)11-14-25-17-16-24-13-6-21-19(4,5)20/h21H,6-17H2,1-5H3. The van der Waals surface area contributed by atoms with Crippen LogP contribution in [0.3, 0.4) is 0 Å². The molecule has 1 fully saturated rings. The highest BCUT2D eigenvalue weighted by molar-refractivity contribution is 14.1. The normalized spacial score (nSPS) is 17.8. The highest BCUT2D eigenvalue weighted by Gasteiger charge is 2.17. The van der Waals surface area contributed by atoms with Gasteiger partial charge in [0, 0.05) is 45.8 Å². The molecule has 0 spiro atoms. The van der Waals surface area contributed by atoms with Gasteiger partial charge >= 0.3 is 0 Å². The Morgan fingerprint density at radius 3 is 1.77 bits per heavy atom. The Labute approximate surface area is 174 Å². The number of halogens is 1. The fourth-order valence-corrected chi connectivity index (χ4v) is 2.92. The van der Waals surface area contributed by atoms with Crippen molar-refractivity contribution in [2.45, 2.75) is 43.8 Å². The number of hydrogen-bond donors (Lipinski definition) is 1. The van der Waals surface area contributed by atoms with Gasteiger partial charge < -0.3 is 19.5 Å². The summed E-state index contributed by atoms with van der Waals surface area (Å²) in [5, 5.41) is 3.39. The zero-order valence-electron chi connectivity index (χ0n) is 17.5. The van der Waals surface area contributed by atoms with Crippen molar-refractivity contribution in [3.8, 4) is 0 Å². The molecular weight excluding hydrogens is 445 g/mol. The highest BCUT2D eigenvalue weighted by atomic mass is 127. The molecule has 0 saturated carbocycles. The second-order valence-corrected chi connectivity index (χ2v) is 11.0. The first kappa shape index (κ1) is 24.5. The van der Waals surface area contributed by atoms with Crippen LogP contribution >= 0.6 is 22.6 Å². The van der Waals surface area contributed by atoms with Gasteiger partial charge in [0.1, 0.15) is 0 Å². The van der Waals surface area contributed by atoms with Gasteiger partial charge in [-0.3, -0.25) is 9.80 Å². The molecule has 26 heavy (non-hydrogen) atoms. The maximum absolute atomic E-state index is 5.81. The molecule has 1 heterocycles. The Morgan fingerprint density at radius 1 is 0.769 bits per heavy atom. The van der Waals surface area contributed by atoms with Crippen LogP contribution in [-0.2, 0) is 14.2 Å². The minimum Gasteiger partial charge on any atom is -0.378 e. The van der Waals surface area contributed by atoms with E-state index in [0.717, 1.165) is 65.6 Å². The van der Waals surface area contributed by atoms with Crippen molar-refractivity contribution in [3.63, 3.8) is 0 Å². The molecule has 0 unspecified atom stereocenters. The number of nitrogens with one attached hydrogen (secondary N) is 1. The third-order valence-electron chi connectivity index (χ3n) is 4.12. The zero-order valence-corrected chi connectivity index (χ0v) is 19.6. The predicted molar refractivity (Wildman–Crippen MR) is 116 cm³/mol. The van der Waals surface area contributed by atoms with E-state index in [1.165, 1.54) is 0 Å². The number of rotatable bonds is 13. The van der Waals surface area contributed by atoms with Gasteiger partial charge in [0.05, 0.1) is 42.2 Å². The van der Waals surface area contributed by atoms with Crippen molar-refractivity contribution in [3.05, 3.63) is 0 Å². The molecule has 1 aliphatic heterocycles. The average molecular weight is 485 g/mol. The summed E-state index contributed by atoms with van der Waals surface area (Å²) in [5.74, 6) is 0. The fraction of sp³-hybridized carbons (Fsp3) is 1.00. The van der Waals surface area contributed by atoms with Crippen molar-refractivity contribution >= 4 is 22.6 Å². The van der Waals surface area contributed by atoms with Gasteiger partial charge in [-0.1, -0.05) is 22.6 Å². The molecule has 0 atom stereocenters. The fourth-order valence-electron chi connectivity index (χ4n) is 2.65. The van der Waals surface area contributed by atoms with Crippen LogP contribution in [-0.4, -0.2) is 97.8 Å². The Hall–Kier alpha value is 0.490. The molecule has 0 radical (unpaired) electrons. The van der Waals surface area contributed by atoms with E-state index >= 15 is 0 Å². The molecule has 6 nitrogen and oxygen atoms in total. The quantitative estimate of drug-likeness (QED) is 0.187. The van der Waals surface area contributed by atoms with Crippen LogP contribution in [0.1, 0.15) is 34.6 Å². The maximum atomic E-state index is 5.81. The maximum Gasteiger partial charge on any atom is 0.0701 e. The summed E-state index contributed by atoms with van der Waals surface area (Å²) in [6.07, 6.45) is 0. The van der Waals surface area contributed by atoms with Gasteiger partial charge in [0.2, 0.25) is 0 Å². The summed E-state index contributed by atoms with van der Waals surface area (Å²) in [5.41, 5.74) is -0.0361. The molecular formula is C19H40IN3O3. The summed E-state index contributed by atoms with van der Waals surface area (Å²) < 4.78 is 17.2. The van der Waals surface area contributed by atoms with Gasteiger partial charge in [0.15, 0.2) is 0 Å². The largest absolute Gasteiger partial charge is 0.378 e. The number of alkyl halides is 1. The average Bonchev–Trinajstić information content (AvgIpc) is 2.52. The lowest BCUT2D eigenvalue weighted by Gasteiger charge is -2.35. The lowest BCUT2D eigenvalue weighted by Crippen LogP contribution is -2.48. The van der Waals surface area contributed by atoms with Crippen molar-refractivity contribution in [1.82, 2.24) is 15.1 Å². The summed E-state index contributed by atoms with van der Waals surface area (Å²) in [6, 6.07) is 0. The Kier molecular flexibility index (Phi) is 12.1. The number of hydrogen-bond acceptors (Lipinski definition) is 6. The van der Waals surface area contributed by atoms with E-state index in [1.54, 1.807) is 0 Å². The van der Waals surface area contributed by atoms with Gasteiger partial charge in [-0.2, -0.15) is 0 Å². The molecule has 1 N–H and O–H groups in total. The van der Waals surface area contributed by atoms with Crippen LogP contribution in [0.5, 0.6) is 0 Å². The van der Waals surface area contributed by atoms with E-state index in [9.17, 15) is 0 Å². The van der Waals surface area contributed by atoms with Crippen LogP contribution < -0.4 is 5.32 Å². The van der Waals surface area contributed by atoms with E-state index in [2.05, 4.69) is 72.3 Å². The Bertz CT molecular complexity index is 351. The first-order valence-electron chi connectivity index (χ1n) is 9.84. The zero-order chi connectivity index (χ0) is 19.5. The van der Waals surface area contributed by atoms with Crippen LogP contribution in [0.2, 0.25) is 0 Å². The summed E-state index contributed by atoms with van der Waals surface area (Å²) in [6.45, 7) is 21.7. The predicted octanol–water partition coefficient (Wildman–Crippen LogP) is 2.21. The monoisotopic (exact) mass is 485 g/mol. The van der Waals surface area contributed by atoms with E-state index in [4.69, 9.17) is 14.2 Å². The smallest absolute Gasteiger partial charge is 0.0701 e. The third kappa shape index (κ3) is 14.5. The molecule has 0 aromatic carbocycles. The Balaban J connectivity index is 1.89. The van der Waals surface area contributed by atoms with Crippen molar-refractivity contribution < 1.29 is 14.2 Å². The second-order valence-electron chi connectivity index (χ2n) is 8.27. The summed E-state index contributed by atoms with van der Waals surface area (Å²) in [7, 11) is 0. The van der Waals surface area contributed by atoms with Crippen molar-refractivity contribution in [1.29, 1.82) is 0 Å². The topological polar surface area (TPSA) is 46.2 Å². The lowest BCUT2D eigenvalue weighted by atomic mass is 10.2. The van der Waals surface area contributed by atoms with Crippen LogP contribution in [0.25, 0.3) is 0 Å². The van der Waals surface area contributed by atoms with Crippen LogP contribution in [0.15, 0.2) is 0 Å². The lowest BCUT2D eigenvalue weighted by molar-refractivity contribution is -0.0193. The van der Waals surface area contributed by atoms with E-state index in [-0.39, 0.29) is 9.15 Å². The summed E-state index contributed by atoms with van der Waals surface area (Å²) in [4.78, 5) is 4.97. The van der Waals surface area contributed by atoms with E-state index in [0.29, 0.717) is 13.2 Å². The van der Waals surface area contributed by atoms with E-state index in [1.807, 2.05) is 0 Å². The van der Waals surface area contributed by atoms with Gasteiger partial charge in [-0.25, -0.2) is 0 Å². The second kappa shape index (κ2) is 12.9. The first-order valence-corrected chi connectivity index (χ1v) is 10.9. The van der Waals surface area contributed by atoms with Gasteiger partial charge in [0.25, 0.3) is 0 Å². The molecule has 0 aromatic rings. The molecule has 0 aliphatic carbocycles. The van der Waals surface area contributed by atoms with Crippen molar-refractivity contribution in [2.24, 2.45) is 0 Å². The van der Waals surface area contributed by atoms with Crippen LogP contribution in [0.4, 0.5) is 0 Å². The molecule has 1 rings (SSSR count). The van der Waals surface area contributed by atoms with Crippen LogP contribution in [0, 0.1) is 0 Å².